The van der Waals surface area contributed by atoms with Gasteiger partial charge < -0.3 is 13.6 Å². The van der Waals surface area contributed by atoms with Gasteiger partial charge in [-0.15, -0.1) is 0 Å². The second-order valence-corrected chi connectivity index (χ2v) is 6.27. The molecule has 0 rings (SSSR count). The lowest BCUT2D eigenvalue weighted by Gasteiger charge is -2.32. The van der Waals surface area contributed by atoms with E-state index in [9.17, 15) is 0 Å². The van der Waals surface area contributed by atoms with Gasteiger partial charge in [0.05, 0.1) is 0 Å². The van der Waals surface area contributed by atoms with Crippen molar-refractivity contribution < 1.29 is 13.6 Å². The van der Waals surface area contributed by atoms with E-state index >= 15 is 0 Å². The fraction of sp³-hybridized carbons (Fsp3) is 1.00. The van der Waals surface area contributed by atoms with Gasteiger partial charge in [0.25, 0.3) is 0 Å². The summed E-state index contributed by atoms with van der Waals surface area (Å²) in [7, 11) is -0.381. The summed E-state index contributed by atoms with van der Waals surface area (Å²) in [6.45, 7) is 9.54. The molecule has 0 fully saturated rings. The van der Waals surface area contributed by atoms with E-state index in [2.05, 4.69) is 13.5 Å². The van der Waals surface area contributed by atoms with Crippen LogP contribution in [0, 0.1) is 0 Å². The zero-order valence-corrected chi connectivity index (χ0v) is 10.4. The van der Waals surface area contributed by atoms with Crippen LogP contribution in [0.25, 0.3) is 0 Å². The van der Waals surface area contributed by atoms with Gasteiger partial charge in [-0.25, -0.2) is 0 Å². The predicted octanol–water partition coefficient (Wildman–Crippen LogP) is 2.10. The highest BCUT2D eigenvalue weighted by atomic mass is 28.4. The molecular formula is C9H22O3Si. The zero-order valence-electron chi connectivity index (χ0n) is 9.42. The third-order valence-electron chi connectivity index (χ3n) is 2.10. The molecule has 3 nitrogen and oxygen atoms in total. The number of rotatable bonds is 7. The molecule has 0 saturated heterocycles. The van der Waals surface area contributed by atoms with Crippen molar-refractivity contribution in [3.63, 3.8) is 0 Å². The van der Waals surface area contributed by atoms with Gasteiger partial charge in [-0.1, -0.05) is 6.92 Å². The van der Waals surface area contributed by atoms with Crippen molar-refractivity contribution in [3.8, 4) is 0 Å². The topological polar surface area (TPSA) is 27.7 Å². The van der Waals surface area contributed by atoms with Crippen molar-refractivity contribution in [3.05, 3.63) is 0 Å². The molecule has 0 N–H and O–H groups in total. The first-order chi connectivity index (χ1) is 6.14. The van der Waals surface area contributed by atoms with Crippen molar-refractivity contribution in [2.75, 3.05) is 20.3 Å². The van der Waals surface area contributed by atoms with E-state index in [4.69, 9.17) is 13.6 Å². The first-order valence-corrected chi connectivity index (χ1v) is 7.34. The lowest BCUT2D eigenvalue weighted by molar-refractivity contribution is 0.0798. The van der Waals surface area contributed by atoms with E-state index in [0.29, 0.717) is 13.2 Å². The Kier molecular flexibility index (Phi) is 6.58. The molecule has 1 unspecified atom stereocenters. The van der Waals surface area contributed by atoms with Gasteiger partial charge in [-0.3, -0.25) is 0 Å². The maximum absolute atomic E-state index is 5.71. The average molecular weight is 206 g/mol. The molecule has 4 heteroatoms. The summed E-state index contributed by atoms with van der Waals surface area (Å²) in [4.78, 5) is 0. The first kappa shape index (κ1) is 13.1. The minimum atomic E-state index is -2.10. The van der Waals surface area contributed by atoms with Crippen LogP contribution < -0.4 is 0 Å². The molecule has 0 aromatic carbocycles. The van der Waals surface area contributed by atoms with Gasteiger partial charge in [-0.2, -0.15) is 0 Å². The fourth-order valence-corrected chi connectivity index (χ4v) is 4.32. The van der Waals surface area contributed by atoms with E-state index in [1.807, 2.05) is 13.8 Å². The van der Waals surface area contributed by atoms with Crippen molar-refractivity contribution >= 4 is 8.56 Å². The van der Waals surface area contributed by atoms with Gasteiger partial charge in [0.1, 0.15) is 5.73 Å². The van der Waals surface area contributed by atoms with Crippen molar-refractivity contribution in [1.82, 2.24) is 0 Å². The summed E-state index contributed by atoms with van der Waals surface area (Å²) < 4.78 is 16.8. The average Bonchev–Trinajstić information content (AvgIpc) is 2.07. The van der Waals surface area contributed by atoms with E-state index in [1.165, 1.54) is 0 Å². The summed E-state index contributed by atoms with van der Waals surface area (Å²) in [5.74, 6) is 0. The van der Waals surface area contributed by atoms with Crippen LogP contribution in [-0.4, -0.2) is 34.6 Å². The second-order valence-electron chi connectivity index (χ2n) is 3.01. The monoisotopic (exact) mass is 206 g/mol. The first-order valence-electron chi connectivity index (χ1n) is 4.95. The van der Waals surface area contributed by atoms with Crippen molar-refractivity contribution in [2.45, 2.75) is 39.5 Å². The molecule has 0 radical (unpaired) electrons. The van der Waals surface area contributed by atoms with Crippen LogP contribution in [0.3, 0.4) is 0 Å². The van der Waals surface area contributed by atoms with Gasteiger partial charge in [0.2, 0.25) is 0 Å². The smallest absolute Gasteiger partial charge is 0.364 e. The maximum Gasteiger partial charge on any atom is 0.364 e. The molecule has 0 saturated carbocycles. The summed E-state index contributed by atoms with van der Waals surface area (Å²) in [5.41, 5.74) is 0.132. The van der Waals surface area contributed by atoms with Crippen LogP contribution in [-0.2, 0) is 13.6 Å². The quantitative estimate of drug-likeness (QED) is 0.597. The van der Waals surface area contributed by atoms with Crippen LogP contribution in [0.4, 0.5) is 0 Å². The molecule has 0 aromatic heterocycles. The highest BCUT2D eigenvalue weighted by Crippen LogP contribution is 2.17. The number of hydrogen-bond acceptors (Lipinski definition) is 3. The Morgan fingerprint density at radius 3 is 1.77 bits per heavy atom. The Bertz CT molecular complexity index is 120. The van der Waals surface area contributed by atoms with E-state index in [1.54, 1.807) is 7.11 Å². The lowest BCUT2D eigenvalue weighted by Crippen LogP contribution is -2.51. The van der Waals surface area contributed by atoms with Gasteiger partial charge in [0, 0.05) is 20.3 Å². The van der Waals surface area contributed by atoms with E-state index in [0.717, 1.165) is 6.42 Å². The molecule has 80 valence electrons. The molecule has 0 aromatic rings. The molecule has 0 aliphatic heterocycles. The fourth-order valence-electron chi connectivity index (χ4n) is 1.55. The van der Waals surface area contributed by atoms with Gasteiger partial charge in [-0.05, 0) is 26.8 Å². The minimum Gasteiger partial charge on any atom is -0.393 e. The van der Waals surface area contributed by atoms with Crippen molar-refractivity contribution in [1.29, 1.82) is 0 Å². The molecule has 0 heterocycles. The van der Waals surface area contributed by atoms with Crippen LogP contribution >= 0.6 is 0 Å². The Balaban J connectivity index is 4.33. The molecule has 1 atom stereocenters. The van der Waals surface area contributed by atoms with Crippen LogP contribution in [0.2, 0.25) is 6.55 Å². The Hall–Kier alpha value is 0.0969. The Labute approximate surface area is 82.6 Å². The highest BCUT2D eigenvalue weighted by Gasteiger charge is 2.40. The van der Waals surface area contributed by atoms with E-state index in [-0.39, 0.29) is 5.73 Å². The summed E-state index contributed by atoms with van der Waals surface area (Å²) in [6.07, 6.45) is 0.944. The van der Waals surface area contributed by atoms with Crippen LogP contribution in [0.1, 0.15) is 27.2 Å². The van der Waals surface area contributed by atoms with Crippen LogP contribution in [0.15, 0.2) is 0 Å². The summed E-state index contributed by atoms with van der Waals surface area (Å²) in [5, 5.41) is 0. The van der Waals surface area contributed by atoms with Crippen LogP contribution in [0.5, 0.6) is 0 Å². The Morgan fingerprint density at radius 2 is 1.54 bits per heavy atom. The number of hydrogen-bond donors (Lipinski definition) is 0. The molecule has 0 amide bonds. The Morgan fingerprint density at radius 1 is 1.08 bits per heavy atom. The number of ether oxygens (including phenoxy) is 1. The third kappa shape index (κ3) is 3.77. The largest absolute Gasteiger partial charge is 0.393 e. The van der Waals surface area contributed by atoms with Gasteiger partial charge >= 0.3 is 8.56 Å². The third-order valence-corrected chi connectivity index (χ3v) is 5.64. The molecular weight excluding hydrogens is 184 g/mol. The van der Waals surface area contributed by atoms with Crippen molar-refractivity contribution in [2.24, 2.45) is 0 Å². The minimum absolute atomic E-state index is 0.132. The molecule has 0 spiro atoms. The zero-order chi connectivity index (χ0) is 10.3. The SMILES string of the molecule is CCO[Si](C)(OCC)C(CC)OC. The summed E-state index contributed by atoms with van der Waals surface area (Å²) in [6, 6.07) is 0. The number of methoxy groups -OCH3 is 1. The molecule has 0 aliphatic rings. The van der Waals surface area contributed by atoms with E-state index < -0.39 is 8.56 Å². The predicted molar refractivity (Wildman–Crippen MR) is 56.0 cm³/mol. The molecule has 0 bridgehead atoms. The standard InChI is InChI=1S/C9H22O3Si/c1-6-9(10-4)13(5,11-7-2)12-8-3/h9H,6-8H2,1-5H3. The lowest BCUT2D eigenvalue weighted by atomic mass is 10.5. The second kappa shape index (κ2) is 6.54. The normalized spacial score (nSPS) is 14.5. The maximum atomic E-state index is 5.71. The molecule has 0 aliphatic carbocycles. The van der Waals surface area contributed by atoms with Gasteiger partial charge in [0.15, 0.2) is 0 Å². The highest BCUT2D eigenvalue weighted by molar-refractivity contribution is 6.67. The molecule has 13 heavy (non-hydrogen) atoms. The summed E-state index contributed by atoms with van der Waals surface area (Å²) >= 11 is 0.